The van der Waals surface area contributed by atoms with E-state index in [9.17, 15) is 14.7 Å². The van der Waals surface area contributed by atoms with Gasteiger partial charge in [0, 0.05) is 45.6 Å². The number of nitrogens with zero attached hydrogens (tertiary/aromatic N) is 1. The molecular formula is C29H31Cl2NO5. The normalized spacial score (nSPS) is 21.6. The molecule has 6 nitrogen and oxygen atoms in total. The van der Waals surface area contributed by atoms with Crippen molar-refractivity contribution in [1.82, 2.24) is 4.90 Å². The first-order valence-corrected chi connectivity index (χ1v) is 13.5. The summed E-state index contributed by atoms with van der Waals surface area (Å²) in [6, 6.07) is 8.93. The summed E-state index contributed by atoms with van der Waals surface area (Å²) >= 11 is 12.2. The fourth-order valence-corrected chi connectivity index (χ4v) is 6.25. The molecule has 5 rings (SSSR count). The van der Waals surface area contributed by atoms with Gasteiger partial charge >= 0.3 is 5.63 Å². The predicted octanol–water partition coefficient (Wildman–Crippen LogP) is 5.99. The zero-order chi connectivity index (χ0) is 26.3. The average Bonchev–Trinajstić information content (AvgIpc) is 2.86. The summed E-state index contributed by atoms with van der Waals surface area (Å²) in [6.07, 6.45) is 4.45. The van der Waals surface area contributed by atoms with E-state index in [0.29, 0.717) is 52.0 Å². The van der Waals surface area contributed by atoms with E-state index < -0.39 is 11.2 Å². The summed E-state index contributed by atoms with van der Waals surface area (Å²) in [6.45, 7) is 4.99. The van der Waals surface area contributed by atoms with Gasteiger partial charge in [0.1, 0.15) is 17.9 Å². The Morgan fingerprint density at radius 2 is 1.97 bits per heavy atom. The minimum Gasteiger partial charge on any atom is -0.488 e. The van der Waals surface area contributed by atoms with E-state index in [1.54, 1.807) is 17.0 Å². The molecule has 3 aromatic rings. The number of aliphatic hydroxyl groups is 1. The summed E-state index contributed by atoms with van der Waals surface area (Å²) in [5.74, 6) is 0.592. The number of fused-ring (bicyclic) bond motifs is 2. The maximum Gasteiger partial charge on any atom is 0.340 e. The van der Waals surface area contributed by atoms with Gasteiger partial charge in [0.15, 0.2) is 0 Å². The average molecular weight is 544 g/mol. The number of likely N-dealkylation sites (tertiary alicyclic amines) is 1. The molecule has 2 fully saturated rings. The Kier molecular flexibility index (Phi) is 7.27. The zero-order valence-electron chi connectivity index (χ0n) is 21.1. The van der Waals surface area contributed by atoms with E-state index in [0.717, 1.165) is 42.2 Å². The van der Waals surface area contributed by atoms with Crippen molar-refractivity contribution in [3.05, 3.63) is 73.1 Å². The van der Waals surface area contributed by atoms with Gasteiger partial charge in [-0.1, -0.05) is 42.1 Å². The second kappa shape index (κ2) is 10.3. The van der Waals surface area contributed by atoms with Gasteiger partial charge < -0.3 is 19.2 Å². The molecule has 1 saturated heterocycles. The van der Waals surface area contributed by atoms with Crippen LogP contribution in [0.2, 0.25) is 10.0 Å². The number of rotatable bonds is 5. The summed E-state index contributed by atoms with van der Waals surface area (Å²) in [4.78, 5) is 28.0. The molecule has 0 spiro atoms. The van der Waals surface area contributed by atoms with Crippen LogP contribution in [0.15, 0.2) is 39.5 Å². The van der Waals surface area contributed by atoms with Crippen molar-refractivity contribution in [2.45, 2.75) is 64.6 Å². The van der Waals surface area contributed by atoms with Crippen LogP contribution < -0.4 is 10.4 Å². The Hall–Kier alpha value is -2.54. The number of amides is 1. The van der Waals surface area contributed by atoms with Crippen LogP contribution in [-0.2, 0) is 17.8 Å². The lowest BCUT2D eigenvalue weighted by atomic mass is 9.71. The number of benzene rings is 2. The zero-order valence-corrected chi connectivity index (χ0v) is 22.6. The molecule has 1 saturated carbocycles. The monoisotopic (exact) mass is 543 g/mol. The predicted molar refractivity (Wildman–Crippen MR) is 145 cm³/mol. The smallest absolute Gasteiger partial charge is 0.340 e. The standard InChI is InChI=1S/C29H31Cl2NO5/c1-17-22-8-9-25(36-16-19-6-7-21(30)13-24(19)31)18(2)27(22)37-28(34)23(17)14-26(33)32-12-11-29(35)10-4-3-5-20(29)15-32/h6-9,13,20,35H,3-5,10-12,14-16H2,1-2H3/t20-,29+/m1/s1. The third kappa shape index (κ3) is 5.12. The Labute approximate surface area is 226 Å². The van der Waals surface area contributed by atoms with Crippen molar-refractivity contribution < 1.29 is 19.1 Å². The van der Waals surface area contributed by atoms with Gasteiger partial charge in [-0.3, -0.25) is 4.79 Å². The molecule has 0 radical (unpaired) electrons. The van der Waals surface area contributed by atoms with Crippen molar-refractivity contribution >= 4 is 40.1 Å². The quantitative estimate of drug-likeness (QED) is 0.399. The molecule has 1 aliphatic heterocycles. The molecule has 0 unspecified atom stereocenters. The molecular weight excluding hydrogens is 513 g/mol. The van der Waals surface area contributed by atoms with Crippen molar-refractivity contribution in [2.24, 2.45) is 5.92 Å². The van der Waals surface area contributed by atoms with Gasteiger partial charge in [-0.25, -0.2) is 4.79 Å². The number of hydrogen-bond donors (Lipinski definition) is 1. The van der Waals surface area contributed by atoms with Gasteiger partial charge in [0.2, 0.25) is 5.91 Å². The second-order valence-corrected chi connectivity index (χ2v) is 11.2. The van der Waals surface area contributed by atoms with Gasteiger partial charge in [-0.05, 0) is 62.9 Å². The molecule has 2 atom stereocenters. The van der Waals surface area contributed by atoms with E-state index in [2.05, 4.69) is 0 Å². The number of carbonyl (C=O) groups is 1. The number of halogens is 2. The molecule has 1 aliphatic carbocycles. The van der Waals surface area contributed by atoms with E-state index >= 15 is 0 Å². The van der Waals surface area contributed by atoms with Crippen LogP contribution >= 0.6 is 23.2 Å². The molecule has 1 N–H and O–H groups in total. The first-order valence-electron chi connectivity index (χ1n) is 12.8. The maximum atomic E-state index is 13.2. The van der Waals surface area contributed by atoms with Crippen LogP contribution in [0.5, 0.6) is 5.75 Å². The highest BCUT2D eigenvalue weighted by Gasteiger charge is 2.43. The summed E-state index contributed by atoms with van der Waals surface area (Å²) in [5.41, 5.74) is 1.90. The van der Waals surface area contributed by atoms with Crippen LogP contribution in [0.4, 0.5) is 0 Å². The van der Waals surface area contributed by atoms with E-state index in [1.807, 2.05) is 32.0 Å². The highest BCUT2D eigenvalue weighted by atomic mass is 35.5. The molecule has 0 bridgehead atoms. The largest absolute Gasteiger partial charge is 0.488 e. The Morgan fingerprint density at radius 1 is 1.16 bits per heavy atom. The summed E-state index contributed by atoms with van der Waals surface area (Å²) < 4.78 is 11.7. The molecule has 8 heteroatoms. The lowest BCUT2D eigenvalue weighted by Crippen LogP contribution is -2.55. The Balaban J connectivity index is 1.35. The fourth-order valence-electron chi connectivity index (χ4n) is 5.79. The highest BCUT2D eigenvalue weighted by Crippen LogP contribution is 2.40. The third-order valence-corrected chi connectivity index (χ3v) is 8.75. The van der Waals surface area contributed by atoms with Gasteiger partial charge in [-0.2, -0.15) is 0 Å². The first kappa shape index (κ1) is 26.1. The highest BCUT2D eigenvalue weighted by molar-refractivity contribution is 6.35. The van der Waals surface area contributed by atoms with E-state index in [-0.39, 0.29) is 24.9 Å². The van der Waals surface area contributed by atoms with Crippen molar-refractivity contribution in [1.29, 1.82) is 0 Å². The Bertz CT molecular complexity index is 1420. The van der Waals surface area contributed by atoms with Crippen LogP contribution in [0, 0.1) is 19.8 Å². The van der Waals surface area contributed by atoms with Crippen LogP contribution in [0.3, 0.4) is 0 Å². The summed E-state index contributed by atoms with van der Waals surface area (Å²) in [7, 11) is 0. The first-order chi connectivity index (χ1) is 17.7. The fraction of sp³-hybridized carbons (Fsp3) is 0.448. The number of ether oxygens (including phenoxy) is 1. The topological polar surface area (TPSA) is 80.0 Å². The summed E-state index contributed by atoms with van der Waals surface area (Å²) in [5, 5.41) is 12.8. The van der Waals surface area contributed by atoms with Gasteiger partial charge in [0.25, 0.3) is 0 Å². The second-order valence-electron chi connectivity index (χ2n) is 10.4. The van der Waals surface area contributed by atoms with E-state index in [4.69, 9.17) is 32.4 Å². The van der Waals surface area contributed by atoms with Crippen LogP contribution in [0.1, 0.15) is 54.4 Å². The number of piperidine rings is 1. The van der Waals surface area contributed by atoms with E-state index in [1.165, 1.54) is 0 Å². The number of aryl methyl sites for hydroxylation is 2. The molecule has 2 heterocycles. The SMILES string of the molecule is Cc1c(CC(=O)N2CC[C@@]3(O)CCCC[C@@H]3C2)c(=O)oc2c(C)c(OCc3ccc(Cl)cc3Cl)ccc12. The van der Waals surface area contributed by atoms with Crippen LogP contribution in [-0.4, -0.2) is 34.6 Å². The minimum absolute atomic E-state index is 0.0123. The van der Waals surface area contributed by atoms with Gasteiger partial charge in [-0.15, -0.1) is 0 Å². The molecule has 1 amide bonds. The van der Waals surface area contributed by atoms with Crippen molar-refractivity contribution in [3.8, 4) is 5.75 Å². The minimum atomic E-state index is -0.650. The van der Waals surface area contributed by atoms with Crippen LogP contribution in [0.25, 0.3) is 11.0 Å². The molecule has 2 aliphatic rings. The lowest BCUT2D eigenvalue weighted by molar-refractivity contribution is -0.142. The maximum absolute atomic E-state index is 13.2. The number of hydrogen-bond acceptors (Lipinski definition) is 5. The number of carbonyl (C=O) groups excluding carboxylic acids is 1. The molecule has 37 heavy (non-hydrogen) atoms. The van der Waals surface area contributed by atoms with Crippen molar-refractivity contribution in [2.75, 3.05) is 13.1 Å². The molecule has 2 aromatic carbocycles. The van der Waals surface area contributed by atoms with Gasteiger partial charge in [0.05, 0.1) is 17.6 Å². The third-order valence-electron chi connectivity index (χ3n) is 8.16. The lowest BCUT2D eigenvalue weighted by Gasteiger charge is -2.47. The molecule has 1 aromatic heterocycles. The Morgan fingerprint density at radius 3 is 2.76 bits per heavy atom. The van der Waals surface area contributed by atoms with Crippen molar-refractivity contribution in [3.63, 3.8) is 0 Å². The molecule has 196 valence electrons.